The van der Waals surface area contributed by atoms with Gasteiger partial charge < -0.3 is 26.6 Å². The van der Waals surface area contributed by atoms with Gasteiger partial charge in [-0.1, -0.05) is 91.7 Å². The Balaban J connectivity index is 0.00000259. The van der Waals surface area contributed by atoms with Crippen molar-refractivity contribution in [2.75, 3.05) is 26.2 Å². The second kappa shape index (κ2) is 9.85. The lowest BCUT2D eigenvalue weighted by Crippen LogP contribution is -3.00. The van der Waals surface area contributed by atoms with Gasteiger partial charge in [-0.25, -0.2) is 0 Å². The minimum absolute atomic E-state index is 0. The number of hydrogen-bond acceptors (Lipinski definition) is 1. The molecule has 2 nitrogen and oxygen atoms in total. The Bertz CT molecular complexity index is 1120. The van der Waals surface area contributed by atoms with Crippen LogP contribution in [0.5, 0.6) is 0 Å². The molecular weight excluding hydrogens is 470 g/mol. The summed E-state index contributed by atoms with van der Waals surface area (Å²) in [6.07, 6.45) is 2.85. The zero-order chi connectivity index (χ0) is 22.0. The van der Waals surface area contributed by atoms with Gasteiger partial charge in [-0.3, -0.25) is 0 Å². The molecule has 1 aliphatic heterocycles. The van der Waals surface area contributed by atoms with Crippen molar-refractivity contribution in [3.8, 4) is 23.0 Å². The molecule has 1 heterocycles. The largest absolute Gasteiger partial charge is 1.00 e. The number of likely N-dealkylation sites (tertiary alicyclic amines) is 1. The van der Waals surface area contributed by atoms with Gasteiger partial charge in [0.25, 0.3) is 0 Å². The molecule has 3 heteroatoms. The molecule has 0 radical (unpaired) electrons. The van der Waals surface area contributed by atoms with Crippen molar-refractivity contribution in [2.45, 2.75) is 37.7 Å². The highest BCUT2D eigenvalue weighted by Crippen LogP contribution is 2.48. The first kappa shape index (κ1) is 23.8. The van der Waals surface area contributed by atoms with Crippen LogP contribution in [0.15, 0.2) is 78.9 Å². The molecule has 1 aliphatic carbocycles. The fourth-order valence-electron chi connectivity index (χ4n) is 5.88. The number of rotatable bonds is 5. The first-order valence-electron chi connectivity index (χ1n) is 11.9. The van der Waals surface area contributed by atoms with Crippen LogP contribution < -0.4 is 17.0 Å². The van der Waals surface area contributed by atoms with Crippen molar-refractivity contribution in [3.05, 3.63) is 95.6 Å². The van der Waals surface area contributed by atoms with Crippen LogP contribution in [-0.4, -0.2) is 35.8 Å². The fourth-order valence-corrected chi connectivity index (χ4v) is 5.88. The predicted molar refractivity (Wildman–Crippen MR) is 131 cm³/mol. The van der Waals surface area contributed by atoms with Crippen LogP contribution >= 0.6 is 0 Å². The number of benzene rings is 3. The number of halogens is 1. The van der Waals surface area contributed by atoms with E-state index in [0.717, 1.165) is 33.3 Å². The smallest absolute Gasteiger partial charge is 0.140 e. The van der Waals surface area contributed by atoms with Gasteiger partial charge in [0, 0.05) is 18.8 Å². The van der Waals surface area contributed by atoms with Gasteiger partial charge in [0.1, 0.15) is 12.1 Å². The number of aliphatic hydroxyl groups is 1. The van der Waals surface area contributed by atoms with Crippen LogP contribution in [0.4, 0.5) is 0 Å². The summed E-state index contributed by atoms with van der Waals surface area (Å²) in [5.41, 5.74) is 4.67. The van der Waals surface area contributed by atoms with Crippen molar-refractivity contribution < 1.29 is 26.6 Å². The van der Waals surface area contributed by atoms with Crippen molar-refractivity contribution in [1.82, 2.24) is 0 Å². The zero-order valence-electron chi connectivity index (χ0n) is 19.3. The summed E-state index contributed by atoms with van der Waals surface area (Å²) in [4.78, 5) is 0. The topological polar surface area (TPSA) is 20.2 Å². The molecule has 0 amide bonds. The van der Waals surface area contributed by atoms with Gasteiger partial charge in [0.05, 0.1) is 19.6 Å². The summed E-state index contributed by atoms with van der Waals surface area (Å²) in [5.74, 6) is 7.53. The predicted octanol–water partition coefficient (Wildman–Crippen LogP) is 2.71. The maximum Gasteiger partial charge on any atom is 0.140 e. The van der Waals surface area contributed by atoms with E-state index in [0.29, 0.717) is 12.3 Å². The Kier molecular flexibility index (Phi) is 7.10. The molecule has 0 aromatic heterocycles. The quantitative estimate of drug-likeness (QED) is 0.421. The van der Waals surface area contributed by atoms with E-state index in [1.165, 1.54) is 38.0 Å². The monoisotopic (exact) mass is 501 g/mol. The Morgan fingerprint density at radius 2 is 1.48 bits per heavy atom. The fraction of sp³-hybridized carbons (Fsp3) is 0.333. The molecule has 3 aromatic rings. The molecule has 1 saturated heterocycles. The Morgan fingerprint density at radius 3 is 2.12 bits per heavy atom. The van der Waals surface area contributed by atoms with Gasteiger partial charge >= 0.3 is 0 Å². The summed E-state index contributed by atoms with van der Waals surface area (Å²) >= 11 is 0. The van der Waals surface area contributed by atoms with Crippen LogP contribution in [0, 0.1) is 11.8 Å². The normalized spacial score (nSPS) is 21.9. The van der Waals surface area contributed by atoms with Gasteiger partial charge in [0.2, 0.25) is 0 Å². The first-order chi connectivity index (χ1) is 15.7. The highest BCUT2D eigenvalue weighted by molar-refractivity contribution is 5.80. The van der Waals surface area contributed by atoms with Crippen molar-refractivity contribution in [2.24, 2.45) is 0 Å². The minimum Gasteiger partial charge on any atom is -1.00 e. The third kappa shape index (κ3) is 4.41. The van der Waals surface area contributed by atoms with E-state index in [2.05, 4.69) is 61.2 Å². The number of quaternary nitrogens is 1. The lowest BCUT2D eigenvalue weighted by molar-refractivity contribution is -0.910. The first-order valence-corrected chi connectivity index (χ1v) is 11.9. The molecule has 1 fully saturated rings. The van der Waals surface area contributed by atoms with Crippen molar-refractivity contribution in [1.29, 1.82) is 0 Å². The zero-order valence-corrected chi connectivity index (χ0v) is 20.9. The van der Waals surface area contributed by atoms with E-state index in [4.69, 9.17) is 0 Å². The molecule has 0 saturated carbocycles. The van der Waals surface area contributed by atoms with Gasteiger partial charge in [-0.15, -0.1) is 0 Å². The Morgan fingerprint density at radius 1 is 0.879 bits per heavy atom. The molecule has 5 rings (SSSR count). The highest BCUT2D eigenvalue weighted by Gasteiger charge is 2.41. The summed E-state index contributed by atoms with van der Waals surface area (Å²) in [7, 11) is 0. The van der Waals surface area contributed by atoms with E-state index >= 15 is 0 Å². The van der Waals surface area contributed by atoms with Crippen molar-refractivity contribution in [3.63, 3.8) is 0 Å². The molecule has 33 heavy (non-hydrogen) atoms. The maximum atomic E-state index is 11.7. The summed E-state index contributed by atoms with van der Waals surface area (Å²) in [6, 6.07) is 27.4. The number of nitrogens with zero attached hydrogens (tertiary/aromatic N) is 1. The Hall–Kier alpha value is -2.38. The van der Waals surface area contributed by atoms with Crippen LogP contribution in [0.25, 0.3) is 11.1 Å². The molecule has 0 spiro atoms. The van der Waals surface area contributed by atoms with Gasteiger partial charge in [0.15, 0.2) is 0 Å². The molecule has 170 valence electrons. The van der Waals surface area contributed by atoms with E-state index in [1.54, 1.807) is 0 Å². The second-order valence-corrected chi connectivity index (χ2v) is 9.51. The third-order valence-corrected chi connectivity index (χ3v) is 7.45. The second-order valence-electron chi connectivity index (χ2n) is 9.51. The molecule has 2 atom stereocenters. The lowest BCUT2D eigenvalue weighted by Gasteiger charge is -2.32. The van der Waals surface area contributed by atoms with Crippen LogP contribution in [-0.2, 0) is 5.60 Å². The molecule has 0 unspecified atom stereocenters. The highest BCUT2D eigenvalue weighted by atomic mass is 79.9. The molecule has 1 N–H and O–H groups in total. The summed E-state index contributed by atoms with van der Waals surface area (Å²) < 4.78 is 1.08. The Labute approximate surface area is 208 Å². The summed E-state index contributed by atoms with van der Waals surface area (Å²) in [6.45, 7) is 6.68. The SMILES string of the molecule is CCC[N@+]1(CC#CCC2(O)c3ccccc3-c3ccccc32)CC[C@H](c2ccccc2)C1.[Br-]. The van der Waals surface area contributed by atoms with Gasteiger partial charge in [-0.05, 0) is 40.2 Å². The van der Waals surface area contributed by atoms with Gasteiger partial charge in [-0.2, -0.15) is 0 Å². The third-order valence-electron chi connectivity index (χ3n) is 7.45. The molecular formula is C30H32BrNO. The van der Waals surface area contributed by atoms with Crippen LogP contribution in [0.2, 0.25) is 0 Å². The van der Waals surface area contributed by atoms with E-state index in [9.17, 15) is 5.11 Å². The maximum absolute atomic E-state index is 11.7. The molecule has 2 aliphatic rings. The minimum atomic E-state index is -1.02. The van der Waals surface area contributed by atoms with Crippen LogP contribution in [0.1, 0.15) is 48.8 Å². The average Bonchev–Trinajstić information content (AvgIpc) is 3.37. The van der Waals surface area contributed by atoms with Crippen LogP contribution in [0.3, 0.4) is 0 Å². The lowest BCUT2D eigenvalue weighted by atomic mass is 9.88. The number of hydrogen-bond donors (Lipinski definition) is 1. The van der Waals surface area contributed by atoms with E-state index in [1.807, 2.05) is 36.4 Å². The van der Waals surface area contributed by atoms with E-state index < -0.39 is 5.60 Å². The standard InChI is InChI=1S/C30H32NO.BrH/c1-2-20-31(22-18-25(23-31)24-12-4-3-5-13-24)21-11-10-19-30(32)28-16-8-6-14-26(28)27-15-7-9-17-29(27)30;/h3-9,12-17,25,32H,2,18-23H2,1H3;1H/q+1;/p-1/t25-,31-;/m0./s1. The number of fused-ring (bicyclic) bond motifs is 3. The molecule has 3 aromatic carbocycles. The van der Waals surface area contributed by atoms with E-state index in [-0.39, 0.29) is 17.0 Å². The summed E-state index contributed by atoms with van der Waals surface area (Å²) in [5, 5.41) is 11.7. The molecule has 0 bridgehead atoms. The average molecular weight is 502 g/mol. The van der Waals surface area contributed by atoms with Crippen molar-refractivity contribution >= 4 is 0 Å².